The van der Waals surface area contributed by atoms with E-state index in [0.29, 0.717) is 58.3 Å². The van der Waals surface area contributed by atoms with Gasteiger partial charge >= 0.3 is 17.9 Å². The van der Waals surface area contributed by atoms with Gasteiger partial charge in [-0.25, -0.2) is 0 Å². The molecule has 3 heterocycles. The molecule has 0 aliphatic carbocycles. The maximum atomic E-state index is 14.6. The number of nitrogens with zero attached hydrogens (tertiary/aromatic N) is 3. The lowest BCUT2D eigenvalue weighted by atomic mass is 9.94. The summed E-state index contributed by atoms with van der Waals surface area (Å²) in [5.74, 6) is -2.99. The van der Waals surface area contributed by atoms with Gasteiger partial charge in [0.05, 0.1) is 19.8 Å². The van der Waals surface area contributed by atoms with Gasteiger partial charge in [-0.2, -0.15) is 15.2 Å². The van der Waals surface area contributed by atoms with E-state index < -0.39 is 52.7 Å². The molecule has 0 aromatic heterocycles. The second-order valence-corrected chi connectivity index (χ2v) is 26.1. The molecule has 0 aromatic carbocycles. The Morgan fingerprint density at radius 1 is 0.403 bits per heavy atom. The van der Waals surface area contributed by atoms with E-state index in [-0.39, 0.29) is 35.6 Å². The minimum absolute atomic E-state index is 0.0597. The minimum atomic E-state index is -1.29. The summed E-state index contributed by atoms with van der Waals surface area (Å²) in [4.78, 5) is 62.8. The van der Waals surface area contributed by atoms with Crippen LogP contribution in [0.2, 0.25) is 0 Å². The highest BCUT2D eigenvalue weighted by Crippen LogP contribution is 2.42. The number of esters is 3. The lowest BCUT2D eigenvalue weighted by Crippen LogP contribution is -2.54. The molecular weight excluding hydrogens is 907 g/mol. The highest BCUT2D eigenvalue weighted by Gasteiger charge is 2.48. The van der Waals surface area contributed by atoms with Crippen LogP contribution in [-0.2, 0) is 43.1 Å². The normalized spacial score (nSPS) is 24.6. The van der Waals surface area contributed by atoms with Crippen molar-refractivity contribution in [1.82, 2.24) is 15.2 Å². The van der Waals surface area contributed by atoms with Crippen LogP contribution in [0.25, 0.3) is 0 Å². The number of ether oxygens (including phenoxy) is 3. The summed E-state index contributed by atoms with van der Waals surface area (Å²) < 4.78 is 19.1. The first-order chi connectivity index (χ1) is 33.8. The molecule has 0 N–H and O–H groups in total. The van der Waals surface area contributed by atoms with E-state index in [9.17, 15) is 14.4 Å². The van der Waals surface area contributed by atoms with Crippen molar-refractivity contribution in [2.75, 3.05) is 19.8 Å². The Morgan fingerprint density at radius 2 is 0.681 bits per heavy atom. The second-order valence-electron chi connectivity index (χ2n) is 26.1. The van der Waals surface area contributed by atoms with Crippen LogP contribution in [0.5, 0.6) is 0 Å². The molecule has 12 nitrogen and oxygen atoms in total. The van der Waals surface area contributed by atoms with Gasteiger partial charge in [0.25, 0.3) is 0 Å². The molecule has 0 spiro atoms. The summed E-state index contributed by atoms with van der Waals surface area (Å²) in [6.07, 6.45) is 25.9. The van der Waals surface area contributed by atoms with E-state index in [2.05, 4.69) is 119 Å². The summed E-state index contributed by atoms with van der Waals surface area (Å²) in [5.41, 5.74) is -2.17. The number of hydroxylamine groups is 6. The molecule has 0 radical (unpaired) electrons. The van der Waals surface area contributed by atoms with Crippen molar-refractivity contribution in [2.24, 2.45) is 5.92 Å². The predicted molar refractivity (Wildman–Crippen MR) is 292 cm³/mol. The van der Waals surface area contributed by atoms with Crippen LogP contribution in [0.1, 0.15) is 290 Å². The molecule has 3 aliphatic heterocycles. The molecule has 422 valence electrons. The van der Waals surface area contributed by atoms with Crippen LogP contribution in [0.4, 0.5) is 0 Å². The molecular formula is C60H113N3O9. The average Bonchev–Trinajstić information content (AvgIpc) is 3.47. The zero-order valence-electron chi connectivity index (χ0n) is 49.5. The number of carbonyl (C=O) groups excluding carboxylic acids is 3. The Labute approximate surface area is 442 Å². The Kier molecular flexibility index (Phi) is 27.6. The van der Waals surface area contributed by atoms with Gasteiger partial charge in [0.2, 0.25) is 0 Å². The SMILES string of the molecule is CCCCCCCCON1C(C)(C)CCC(OC(=O)CCC(C(=O)OC2CCC(C)(C)N(OCCCCCCCC)C(C)(C)C2)C(=O)OC2CCC(C)(C)N(OCCCCCCCC)C(C)(C)C2)CC1(C)C. The Morgan fingerprint density at radius 3 is 0.986 bits per heavy atom. The van der Waals surface area contributed by atoms with Crippen molar-refractivity contribution in [3.8, 4) is 0 Å². The summed E-state index contributed by atoms with van der Waals surface area (Å²) in [6, 6.07) is 0. The standard InChI is InChI=1S/C60H113N3O9/c1-16-19-22-25-28-31-42-67-61-55(4,5)39-36-48(45-58(61,10)11)70-52(64)35-34-51(53(65)71-49-37-40-56(6,7)62(59(12,13)46-49)68-43-32-29-26-23-20-17-2)54(66)72-50-38-41-57(8,9)63(60(14,15)47-50)69-44-33-30-27-24-21-18-3/h48-51H,16-47H2,1-15H3. The molecule has 12 heteroatoms. The van der Waals surface area contributed by atoms with E-state index in [0.717, 1.165) is 57.8 Å². The maximum absolute atomic E-state index is 14.6. The molecule has 3 unspecified atom stereocenters. The maximum Gasteiger partial charge on any atom is 0.320 e. The summed E-state index contributed by atoms with van der Waals surface area (Å²) >= 11 is 0. The van der Waals surface area contributed by atoms with Crippen molar-refractivity contribution in [2.45, 2.75) is 342 Å². The lowest BCUT2D eigenvalue weighted by molar-refractivity contribution is -0.265. The van der Waals surface area contributed by atoms with Gasteiger partial charge < -0.3 is 14.2 Å². The summed E-state index contributed by atoms with van der Waals surface area (Å²) in [5, 5.41) is 6.42. The van der Waals surface area contributed by atoms with Gasteiger partial charge in [0, 0.05) is 58.9 Å². The fraction of sp³-hybridized carbons (Fsp3) is 0.950. The first-order valence-corrected chi connectivity index (χ1v) is 29.7. The van der Waals surface area contributed by atoms with Crippen LogP contribution in [0, 0.1) is 5.92 Å². The first kappa shape index (κ1) is 64.5. The van der Waals surface area contributed by atoms with Gasteiger partial charge in [-0.15, -0.1) is 0 Å². The molecule has 3 saturated heterocycles. The number of hydrogen-bond acceptors (Lipinski definition) is 12. The third kappa shape index (κ3) is 21.7. The van der Waals surface area contributed by atoms with Crippen LogP contribution in [-0.4, -0.2) is 104 Å². The number of unbranched alkanes of at least 4 members (excludes halogenated alkanes) is 15. The highest BCUT2D eigenvalue weighted by molar-refractivity contribution is 5.95. The summed E-state index contributed by atoms with van der Waals surface area (Å²) in [6.45, 7) is 34.8. The fourth-order valence-electron chi connectivity index (χ4n) is 12.3. The number of carbonyl (C=O) groups is 3. The van der Waals surface area contributed by atoms with Crippen LogP contribution < -0.4 is 0 Å². The minimum Gasteiger partial charge on any atom is -0.462 e. The Bertz CT molecular complexity index is 1490. The third-order valence-corrected chi connectivity index (χ3v) is 15.9. The molecule has 0 aromatic rings. The number of rotatable bonds is 32. The van der Waals surface area contributed by atoms with E-state index >= 15 is 0 Å². The van der Waals surface area contributed by atoms with Crippen molar-refractivity contribution >= 4 is 17.9 Å². The van der Waals surface area contributed by atoms with Crippen LogP contribution >= 0.6 is 0 Å². The van der Waals surface area contributed by atoms with E-state index in [1.54, 1.807) is 0 Å². The molecule has 3 atom stereocenters. The molecule has 72 heavy (non-hydrogen) atoms. The predicted octanol–water partition coefficient (Wildman–Crippen LogP) is 15.1. The van der Waals surface area contributed by atoms with Gasteiger partial charge in [0.15, 0.2) is 5.92 Å². The van der Waals surface area contributed by atoms with E-state index in [4.69, 9.17) is 28.7 Å². The smallest absolute Gasteiger partial charge is 0.320 e. The highest BCUT2D eigenvalue weighted by atomic mass is 16.7. The fourth-order valence-corrected chi connectivity index (χ4v) is 12.3. The van der Waals surface area contributed by atoms with Gasteiger partial charge in [-0.3, -0.25) is 28.9 Å². The summed E-state index contributed by atoms with van der Waals surface area (Å²) in [7, 11) is 0. The van der Waals surface area contributed by atoms with Gasteiger partial charge in [-0.05, 0) is 147 Å². The van der Waals surface area contributed by atoms with Gasteiger partial charge in [0.1, 0.15) is 18.3 Å². The zero-order valence-corrected chi connectivity index (χ0v) is 49.5. The quantitative estimate of drug-likeness (QED) is 0.0276. The third-order valence-electron chi connectivity index (χ3n) is 15.9. The molecule has 0 bridgehead atoms. The van der Waals surface area contributed by atoms with Crippen molar-refractivity contribution in [3.63, 3.8) is 0 Å². The van der Waals surface area contributed by atoms with Crippen molar-refractivity contribution < 1.29 is 43.1 Å². The van der Waals surface area contributed by atoms with Crippen molar-refractivity contribution in [1.29, 1.82) is 0 Å². The molecule has 0 saturated carbocycles. The lowest BCUT2D eigenvalue weighted by Gasteiger charge is -2.45. The first-order valence-electron chi connectivity index (χ1n) is 29.7. The molecule has 3 fully saturated rings. The number of hydrogen-bond donors (Lipinski definition) is 0. The molecule has 0 amide bonds. The Balaban J connectivity index is 1.77. The van der Waals surface area contributed by atoms with Gasteiger partial charge in [-0.1, -0.05) is 117 Å². The van der Waals surface area contributed by atoms with Crippen molar-refractivity contribution in [3.05, 3.63) is 0 Å². The van der Waals surface area contributed by atoms with E-state index in [1.807, 2.05) is 0 Å². The zero-order chi connectivity index (χ0) is 53.6. The molecule has 3 aliphatic rings. The van der Waals surface area contributed by atoms with E-state index in [1.165, 1.54) is 77.0 Å². The monoisotopic (exact) mass is 1020 g/mol. The van der Waals surface area contributed by atoms with Crippen LogP contribution in [0.3, 0.4) is 0 Å². The topological polar surface area (TPSA) is 116 Å². The largest absolute Gasteiger partial charge is 0.462 e. The van der Waals surface area contributed by atoms with Crippen LogP contribution in [0.15, 0.2) is 0 Å². The molecule has 3 rings (SSSR count). The Hall–Kier alpha value is -1.83. The second kappa shape index (κ2) is 30.8. The average molecular weight is 1020 g/mol.